The van der Waals surface area contributed by atoms with E-state index in [0.717, 1.165) is 43.0 Å². The van der Waals surface area contributed by atoms with E-state index >= 15 is 0 Å². The van der Waals surface area contributed by atoms with Gasteiger partial charge in [-0.05, 0) is 25.3 Å². The lowest BCUT2D eigenvalue weighted by Crippen LogP contribution is -2.23. The molecule has 94 valence electrons. The van der Waals surface area contributed by atoms with Gasteiger partial charge in [-0.1, -0.05) is 13.8 Å². The standard InChI is InChI=1S/C13H22N4/c1-10(2)11-4-5-17(9-11)13-8-15-7-12(16-13)6-14-3/h7-8,10-11,14H,4-6,9H2,1-3H3. The maximum absolute atomic E-state index is 4.64. The summed E-state index contributed by atoms with van der Waals surface area (Å²) < 4.78 is 0. The molecular weight excluding hydrogens is 212 g/mol. The van der Waals surface area contributed by atoms with Gasteiger partial charge >= 0.3 is 0 Å². The quantitative estimate of drug-likeness (QED) is 0.860. The lowest BCUT2D eigenvalue weighted by atomic mass is 9.95. The van der Waals surface area contributed by atoms with Gasteiger partial charge in [0, 0.05) is 25.8 Å². The molecule has 1 aliphatic heterocycles. The highest BCUT2D eigenvalue weighted by molar-refractivity contribution is 5.37. The third-order valence-corrected chi connectivity index (χ3v) is 3.52. The molecule has 2 heterocycles. The highest BCUT2D eigenvalue weighted by atomic mass is 15.2. The van der Waals surface area contributed by atoms with Crippen molar-refractivity contribution < 1.29 is 0 Å². The minimum absolute atomic E-state index is 0.758. The zero-order valence-electron chi connectivity index (χ0n) is 11.0. The maximum atomic E-state index is 4.64. The van der Waals surface area contributed by atoms with Crippen molar-refractivity contribution in [1.82, 2.24) is 15.3 Å². The molecule has 1 aromatic heterocycles. The number of aromatic nitrogens is 2. The fourth-order valence-corrected chi connectivity index (χ4v) is 2.35. The van der Waals surface area contributed by atoms with Crippen LogP contribution in [-0.4, -0.2) is 30.1 Å². The fraction of sp³-hybridized carbons (Fsp3) is 0.692. The zero-order chi connectivity index (χ0) is 12.3. The second-order valence-corrected chi connectivity index (χ2v) is 5.14. The first-order chi connectivity index (χ1) is 8.20. The van der Waals surface area contributed by atoms with E-state index in [1.54, 1.807) is 0 Å². The van der Waals surface area contributed by atoms with Crippen molar-refractivity contribution in [1.29, 1.82) is 0 Å². The molecule has 1 aromatic rings. The van der Waals surface area contributed by atoms with E-state index in [9.17, 15) is 0 Å². The van der Waals surface area contributed by atoms with Crippen LogP contribution in [0.15, 0.2) is 12.4 Å². The van der Waals surface area contributed by atoms with Gasteiger partial charge in [0.1, 0.15) is 5.82 Å². The molecule has 4 heteroatoms. The predicted molar refractivity (Wildman–Crippen MR) is 70.0 cm³/mol. The SMILES string of the molecule is CNCc1cncc(N2CCC(C(C)C)C2)n1. The van der Waals surface area contributed by atoms with Crippen LogP contribution in [0.4, 0.5) is 5.82 Å². The van der Waals surface area contributed by atoms with E-state index < -0.39 is 0 Å². The molecule has 0 aliphatic carbocycles. The molecule has 0 bridgehead atoms. The van der Waals surface area contributed by atoms with Crippen molar-refractivity contribution in [2.75, 3.05) is 25.0 Å². The van der Waals surface area contributed by atoms with Crippen LogP contribution in [0.2, 0.25) is 0 Å². The molecule has 1 fully saturated rings. The maximum Gasteiger partial charge on any atom is 0.147 e. The predicted octanol–water partition coefficient (Wildman–Crippen LogP) is 1.68. The van der Waals surface area contributed by atoms with Crippen molar-refractivity contribution in [2.24, 2.45) is 11.8 Å². The minimum Gasteiger partial charge on any atom is -0.355 e. The largest absolute Gasteiger partial charge is 0.355 e. The van der Waals surface area contributed by atoms with E-state index in [0.29, 0.717) is 0 Å². The smallest absolute Gasteiger partial charge is 0.147 e. The molecule has 4 nitrogen and oxygen atoms in total. The molecule has 1 aliphatic rings. The Morgan fingerprint density at radius 2 is 2.29 bits per heavy atom. The number of hydrogen-bond acceptors (Lipinski definition) is 4. The summed E-state index contributed by atoms with van der Waals surface area (Å²) in [5.41, 5.74) is 1.01. The molecule has 1 atom stereocenters. The lowest BCUT2D eigenvalue weighted by Gasteiger charge is -2.19. The Morgan fingerprint density at radius 3 is 2.94 bits per heavy atom. The van der Waals surface area contributed by atoms with Crippen LogP contribution in [0, 0.1) is 11.8 Å². The Labute approximate surface area is 103 Å². The van der Waals surface area contributed by atoms with Crippen molar-refractivity contribution in [3.63, 3.8) is 0 Å². The van der Waals surface area contributed by atoms with Gasteiger partial charge in [-0.25, -0.2) is 4.98 Å². The molecule has 1 N–H and O–H groups in total. The van der Waals surface area contributed by atoms with Crippen LogP contribution in [0.3, 0.4) is 0 Å². The highest BCUT2D eigenvalue weighted by Crippen LogP contribution is 2.26. The molecule has 1 saturated heterocycles. The number of nitrogens with zero attached hydrogens (tertiary/aromatic N) is 3. The summed E-state index contributed by atoms with van der Waals surface area (Å²) in [7, 11) is 1.93. The molecule has 1 unspecified atom stereocenters. The molecule has 0 aromatic carbocycles. The first kappa shape index (κ1) is 12.3. The summed E-state index contributed by atoms with van der Waals surface area (Å²) >= 11 is 0. The minimum atomic E-state index is 0.758. The molecule has 0 amide bonds. The van der Waals surface area contributed by atoms with Gasteiger partial charge in [-0.2, -0.15) is 0 Å². The summed E-state index contributed by atoms with van der Waals surface area (Å²) in [6, 6.07) is 0. The summed E-state index contributed by atoms with van der Waals surface area (Å²) in [4.78, 5) is 11.3. The monoisotopic (exact) mass is 234 g/mol. The molecular formula is C13H22N4. The van der Waals surface area contributed by atoms with Gasteiger partial charge in [-0.15, -0.1) is 0 Å². The van der Waals surface area contributed by atoms with Crippen LogP contribution >= 0.6 is 0 Å². The van der Waals surface area contributed by atoms with E-state index in [-0.39, 0.29) is 0 Å². The van der Waals surface area contributed by atoms with Crippen molar-refractivity contribution in [3.8, 4) is 0 Å². The first-order valence-electron chi connectivity index (χ1n) is 6.41. The molecule has 0 saturated carbocycles. The second kappa shape index (κ2) is 5.45. The first-order valence-corrected chi connectivity index (χ1v) is 6.41. The number of hydrogen-bond donors (Lipinski definition) is 1. The highest BCUT2D eigenvalue weighted by Gasteiger charge is 2.25. The van der Waals surface area contributed by atoms with E-state index in [1.165, 1.54) is 6.42 Å². The lowest BCUT2D eigenvalue weighted by molar-refractivity contribution is 0.422. The summed E-state index contributed by atoms with van der Waals surface area (Å²) in [5.74, 6) is 2.58. The van der Waals surface area contributed by atoms with E-state index in [1.807, 2.05) is 19.4 Å². The van der Waals surface area contributed by atoms with Crippen LogP contribution < -0.4 is 10.2 Å². The number of rotatable bonds is 4. The Morgan fingerprint density at radius 1 is 1.47 bits per heavy atom. The average molecular weight is 234 g/mol. The van der Waals surface area contributed by atoms with Crippen LogP contribution in [0.5, 0.6) is 0 Å². The van der Waals surface area contributed by atoms with Gasteiger partial charge in [0.05, 0.1) is 11.9 Å². The summed E-state index contributed by atoms with van der Waals surface area (Å²) in [6.07, 6.45) is 4.98. The van der Waals surface area contributed by atoms with Crippen LogP contribution in [0.25, 0.3) is 0 Å². The van der Waals surface area contributed by atoms with Gasteiger partial charge in [0.2, 0.25) is 0 Å². The normalized spacial score (nSPS) is 20.2. The molecule has 17 heavy (non-hydrogen) atoms. The van der Waals surface area contributed by atoms with E-state index in [2.05, 4.69) is 34.0 Å². The van der Waals surface area contributed by atoms with Crippen molar-refractivity contribution >= 4 is 5.82 Å². The Balaban J connectivity index is 2.05. The topological polar surface area (TPSA) is 41.1 Å². The van der Waals surface area contributed by atoms with E-state index in [4.69, 9.17) is 0 Å². The number of anilines is 1. The van der Waals surface area contributed by atoms with Crippen molar-refractivity contribution in [2.45, 2.75) is 26.8 Å². The Hall–Kier alpha value is -1.16. The van der Waals surface area contributed by atoms with Crippen LogP contribution in [-0.2, 0) is 6.54 Å². The summed E-state index contributed by atoms with van der Waals surface area (Å²) in [5, 5.41) is 3.11. The Kier molecular flexibility index (Phi) is 3.94. The average Bonchev–Trinajstić information content (AvgIpc) is 2.79. The molecule has 0 radical (unpaired) electrons. The van der Waals surface area contributed by atoms with Crippen LogP contribution in [0.1, 0.15) is 26.0 Å². The number of nitrogens with one attached hydrogen (secondary N) is 1. The van der Waals surface area contributed by atoms with Gasteiger partial charge in [-0.3, -0.25) is 4.98 Å². The molecule has 2 rings (SSSR count). The molecule has 0 spiro atoms. The van der Waals surface area contributed by atoms with Gasteiger partial charge in [0.15, 0.2) is 0 Å². The second-order valence-electron chi connectivity index (χ2n) is 5.14. The van der Waals surface area contributed by atoms with Gasteiger partial charge in [0.25, 0.3) is 0 Å². The third-order valence-electron chi connectivity index (χ3n) is 3.52. The third kappa shape index (κ3) is 2.94. The summed E-state index contributed by atoms with van der Waals surface area (Å²) in [6.45, 7) is 7.62. The Bertz CT molecular complexity index is 364. The fourth-order valence-electron chi connectivity index (χ4n) is 2.35. The van der Waals surface area contributed by atoms with Crippen molar-refractivity contribution in [3.05, 3.63) is 18.1 Å². The van der Waals surface area contributed by atoms with Gasteiger partial charge < -0.3 is 10.2 Å². The zero-order valence-corrected chi connectivity index (χ0v) is 11.0.